The van der Waals surface area contributed by atoms with Crippen molar-refractivity contribution in [2.75, 3.05) is 24.3 Å². The normalized spacial score (nSPS) is 11.2. The van der Waals surface area contributed by atoms with Crippen molar-refractivity contribution in [1.29, 1.82) is 0 Å². The van der Waals surface area contributed by atoms with E-state index in [4.69, 9.17) is 9.47 Å². The van der Waals surface area contributed by atoms with Crippen LogP contribution in [0, 0.1) is 0 Å². The predicted molar refractivity (Wildman–Crippen MR) is 124 cm³/mol. The number of aromatic nitrogens is 1. The summed E-state index contributed by atoms with van der Waals surface area (Å²) in [7, 11) is -0.771. The molecule has 1 aromatic heterocycles. The van der Waals surface area contributed by atoms with Gasteiger partial charge in [-0.3, -0.25) is 14.8 Å². The van der Waals surface area contributed by atoms with Crippen LogP contribution < -0.4 is 19.5 Å². The van der Waals surface area contributed by atoms with E-state index in [0.717, 1.165) is 4.70 Å². The summed E-state index contributed by atoms with van der Waals surface area (Å²) in [6.45, 7) is 0. The molecule has 1 heterocycles. The number of thiazole rings is 1. The number of amides is 1. The molecule has 0 saturated heterocycles. The van der Waals surface area contributed by atoms with E-state index < -0.39 is 15.9 Å². The Morgan fingerprint density at radius 1 is 0.906 bits per heavy atom. The number of nitrogens with zero attached hydrogens (tertiary/aromatic N) is 1. The van der Waals surface area contributed by atoms with Gasteiger partial charge in [0.25, 0.3) is 15.9 Å². The van der Waals surface area contributed by atoms with Crippen LogP contribution in [-0.4, -0.2) is 33.5 Å². The monoisotopic (exact) mass is 469 g/mol. The molecule has 32 heavy (non-hydrogen) atoms. The second kappa shape index (κ2) is 8.85. The Morgan fingerprint density at radius 3 is 2.28 bits per heavy atom. The predicted octanol–water partition coefficient (Wildman–Crippen LogP) is 4.37. The number of rotatable bonds is 7. The second-order valence-electron chi connectivity index (χ2n) is 6.59. The van der Waals surface area contributed by atoms with E-state index in [1.54, 1.807) is 49.6 Å². The highest BCUT2D eigenvalue weighted by Crippen LogP contribution is 2.39. The summed E-state index contributed by atoms with van der Waals surface area (Å²) in [6.07, 6.45) is 0. The minimum absolute atomic E-state index is 0.0978. The molecule has 10 heteroatoms. The molecule has 0 aliphatic heterocycles. The number of carbonyl (C=O) groups is 1. The van der Waals surface area contributed by atoms with Crippen LogP contribution >= 0.6 is 11.3 Å². The quantitative estimate of drug-likeness (QED) is 0.416. The Kier molecular flexibility index (Phi) is 5.97. The molecule has 0 atom stereocenters. The molecule has 164 valence electrons. The molecule has 0 spiro atoms. The van der Waals surface area contributed by atoms with Gasteiger partial charge in [0.05, 0.1) is 30.4 Å². The Labute approximate surface area is 188 Å². The molecule has 0 fully saturated rings. The zero-order valence-electron chi connectivity index (χ0n) is 17.2. The van der Waals surface area contributed by atoms with Crippen LogP contribution in [0.25, 0.3) is 10.2 Å². The third-order valence-corrected chi connectivity index (χ3v) is 6.97. The van der Waals surface area contributed by atoms with E-state index in [1.807, 2.05) is 0 Å². The standard InChI is InChI=1S/C22H19N3O5S2/c1-29-17-12-13-18(30-2)20-19(17)23-22(31-20)24-21(26)15-10-6-7-11-16(15)25-32(27,28)14-8-4-3-5-9-14/h3-13,25H,1-2H3,(H,23,24,26). The van der Waals surface area contributed by atoms with Gasteiger partial charge in [-0.25, -0.2) is 13.4 Å². The highest BCUT2D eigenvalue weighted by Gasteiger charge is 2.20. The van der Waals surface area contributed by atoms with Crippen LogP contribution in [0.1, 0.15) is 10.4 Å². The first-order valence-electron chi connectivity index (χ1n) is 9.42. The van der Waals surface area contributed by atoms with Crippen molar-refractivity contribution < 1.29 is 22.7 Å². The number of anilines is 2. The van der Waals surface area contributed by atoms with E-state index in [9.17, 15) is 13.2 Å². The van der Waals surface area contributed by atoms with E-state index in [1.165, 1.54) is 42.7 Å². The third-order valence-electron chi connectivity index (χ3n) is 4.60. The van der Waals surface area contributed by atoms with Crippen LogP contribution in [0.3, 0.4) is 0 Å². The lowest BCUT2D eigenvalue weighted by atomic mass is 10.2. The van der Waals surface area contributed by atoms with Crippen LogP contribution in [0.5, 0.6) is 11.5 Å². The fourth-order valence-electron chi connectivity index (χ4n) is 3.08. The zero-order chi connectivity index (χ0) is 22.7. The first kappa shape index (κ1) is 21.6. The number of hydrogen-bond acceptors (Lipinski definition) is 7. The van der Waals surface area contributed by atoms with Crippen LogP contribution in [0.15, 0.2) is 71.6 Å². The lowest BCUT2D eigenvalue weighted by Crippen LogP contribution is -2.18. The largest absolute Gasteiger partial charge is 0.495 e. The topological polar surface area (TPSA) is 107 Å². The minimum Gasteiger partial charge on any atom is -0.495 e. The van der Waals surface area contributed by atoms with Crippen molar-refractivity contribution in [2.24, 2.45) is 0 Å². The van der Waals surface area contributed by atoms with Gasteiger partial charge in [0.2, 0.25) is 0 Å². The number of fused-ring (bicyclic) bond motifs is 1. The Bertz CT molecular complexity index is 1340. The van der Waals surface area contributed by atoms with Crippen molar-refractivity contribution in [3.63, 3.8) is 0 Å². The molecule has 0 aliphatic carbocycles. The maximum Gasteiger partial charge on any atom is 0.261 e. The summed E-state index contributed by atoms with van der Waals surface area (Å²) < 4.78 is 39.4. The number of benzene rings is 3. The maximum atomic E-state index is 13.0. The molecular weight excluding hydrogens is 450 g/mol. The smallest absolute Gasteiger partial charge is 0.261 e. The first-order chi connectivity index (χ1) is 15.4. The lowest BCUT2D eigenvalue weighted by Gasteiger charge is -2.12. The van der Waals surface area contributed by atoms with E-state index in [-0.39, 0.29) is 16.1 Å². The van der Waals surface area contributed by atoms with E-state index >= 15 is 0 Å². The number of carbonyl (C=O) groups excluding carboxylic acids is 1. The second-order valence-corrected chi connectivity index (χ2v) is 9.27. The highest BCUT2D eigenvalue weighted by atomic mass is 32.2. The lowest BCUT2D eigenvalue weighted by molar-refractivity contribution is 0.102. The van der Waals surface area contributed by atoms with Gasteiger partial charge >= 0.3 is 0 Å². The summed E-state index contributed by atoms with van der Waals surface area (Å²) in [5, 5.41) is 3.07. The minimum atomic E-state index is -3.86. The Balaban J connectivity index is 1.64. The number of ether oxygens (including phenoxy) is 2. The van der Waals surface area contributed by atoms with Crippen molar-refractivity contribution in [3.8, 4) is 11.5 Å². The number of methoxy groups -OCH3 is 2. The van der Waals surface area contributed by atoms with Gasteiger partial charge in [-0.1, -0.05) is 41.7 Å². The average molecular weight is 470 g/mol. The van der Waals surface area contributed by atoms with Gasteiger partial charge in [0.1, 0.15) is 21.7 Å². The third kappa shape index (κ3) is 4.23. The van der Waals surface area contributed by atoms with Gasteiger partial charge in [0.15, 0.2) is 5.13 Å². The molecule has 0 radical (unpaired) electrons. The number of hydrogen-bond donors (Lipinski definition) is 2. The Hall–Kier alpha value is -3.63. The number of nitrogens with one attached hydrogen (secondary N) is 2. The highest BCUT2D eigenvalue weighted by molar-refractivity contribution is 7.92. The summed E-state index contributed by atoms with van der Waals surface area (Å²) in [5.41, 5.74) is 0.875. The van der Waals surface area contributed by atoms with E-state index in [0.29, 0.717) is 22.1 Å². The molecule has 4 rings (SSSR count). The van der Waals surface area contributed by atoms with Gasteiger partial charge in [-0.2, -0.15) is 0 Å². The zero-order valence-corrected chi connectivity index (χ0v) is 18.8. The molecule has 0 bridgehead atoms. The molecule has 1 amide bonds. The number of para-hydroxylation sites is 1. The summed E-state index contributed by atoms with van der Waals surface area (Å²) >= 11 is 1.23. The molecule has 0 aliphatic rings. The van der Waals surface area contributed by atoms with Crippen LogP contribution in [0.2, 0.25) is 0 Å². The number of sulfonamides is 1. The van der Waals surface area contributed by atoms with Crippen LogP contribution in [-0.2, 0) is 10.0 Å². The SMILES string of the molecule is COc1ccc(OC)c2sc(NC(=O)c3ccccc3NS(=O)(=O)c3ccccc3)nc12. The summed E-state index contributed by atoms with van der Waals surface area (Å²) in [4.78, 5) is 17.6. The van der Waals surface area contributed by atoms with Crippen molar-refractivity contribution in [2.45, 2.75) is 4.90 Å². The summed E-state index contributed by atoms with van der Waals surface area (Å²) in [5.74, 6) is 0.650. The fraction of sp³-hybridized carbons (Fsp3) is 0.0909. The Morgan fingerprint density at radius 2 is 1.56 bits per heavy atom. The van der Waals surface area contributed by atoms with Crippen LogP contribution in [0.4, 0.5) is 10.8 Å². The molecule has 0 saturated carbocycles. The molecule has 4 aromatic rings. The first-order valence-corrected chi connectivity index (χ1v) is 11.7. The maximum absolute atomic E-state index is 13.0. The molecule has 2 N–H and O–H groups in total. The molecule has 8 nitrogen and oxygen atoms in total. The average Bonchev–Trinajstić information content (AvgIpc) is 3.22. The molecular formula is C22H19N3O5S2. The van der Waals surface area contributed by atoms with Gasteiger partial charge in [-0.05, 0) is 36.4 Å². The van der Waals surface area contributed by atoms with Gasteiger partial charge < -0.3 is 9.47 Å². The van der Waals surface area contributed by atoms with Gasteiger partial charge in [-0.15, -0.1) is 0 Å². The molecule has 3 aromatic carbocycles. The fourth-order valence-corrected chi connectivity index (χ4v) is 5.15. The molecule has 0 unspecified atom stereocenters. The summed E-state index contributed by atoms with van der Waals surface area (Å²) in [6, 6.07) is 17.8. The van der Waals surface area contributed by atoms with Crippen molar-refractivity contribution in [1.82, 2.24) is 4.98 Å². The van der Waals surface area contributed by atoms with E-state index in [2.05, 4.69) is 15.0 Å². The van der Waals surface area contributed by atoms with Crippen molar-refractivity contribution in [3.05, 3.63) is 72.3 Å². The van der Waals surface area contributed by atoms with Crippen molar-refractivity contribution >= 4 is 48.3 Å². The van der Waals surface area contributed by atoms with Gasteiger partial charge in [0, 0.05) is 0 Å².